The van der Waals surface area contributed by atoms with Crippen LogP contribution in [0.3, 0.4) is 0 Å². The minimum Gasteiger partial charge on any atom is -0.0691 e. The monoisotopic (exact) mass is 410 g/mol. The predicted octanol–water partition coefficient (Wildman–Crippen LogP) is 7.85. The molecule has 28 heavy (non-hydrogen) atoms. The fourth-order valence-electron chi connectivity index (χ4n) is 12.1. The number of hydrogen-bond acceptors (Lipinski definition) is 0. The van der Waals surface area contributed by atoms with Crippen molar-refractivity contribution in [1.29, 1.82) is 0 Å². The summed E-state index contributed by atoms with van der Waals surface area (Å²) < 4.78 is 0. The molecule has 12 aliphatic rings. The fourth-order valence-corrected chi connectivity index (χ4v) is 17.3. The topological polar surface area (TPSA) is 0 Å². The molecule has 0 nitrogen and oxygen atoms in total. The second-order valence-corrected chi connectivity index (χ2v) is 28.0. The normalized spacial score (nSPS) is 69.2. The second-order valence-electron chi connectivity index (χ2n) is 16.9. The Kier molecular flexibility index (Phi) is 2.22. The summed E-state index contributed by atoms with van der Waals surface area (Å²) in [5.41, 5.74) is 5.30. The highest BCUT2D eigenvalue weighted by Crippen LogP contribution is 3.04. The van der Waals surface area contributed by atoms with Gasteiger partial charge >= 0.3 is 0 Å². The van der Waals surface area contributed by atoms with Crippen LogP contribution in [0.25, 0.3) is 0 Å². The molecule has 12 fully saturated rings. The van der Waals surface area contributed by atoms with Gasteiger partial charge < -0.3 is 0 Å². The average Bonchev–Trinajstić information content (AvgIpc) is 2.10. The maximum Gasteiger partial charge on any atom is 0.0506 e. The Morgan fingerprint density at radius 2 is 0.500 bits per heavy atom. The molecule has 0 aromatic carbocycles. The number of hydrogen-bond donors (Lipinski definition) is 0. The van der Waals surface area contributed by atoms with E-state index in [1.54, 1.807) is 77.0 Å². The van der Waals surface area contributed by atoms with Crippen molar-refractivity contribution in [1.82, 2.24) is 0 Å². The van der Waals surface area contributed by atoms with Gasteiger partial charge in [-0.3, -0.25) is 0 Å². The average molecular weight is 411 g/mol. The van der Waals surface area contributed by atoms with Crippen molar-refractivity contribution in [2.24, 2.45) is 32.5 Å². The molecule has 0 atom stereocenters. The molecule has 12 saturated carbocycles. The minimum atomic E-state index is -0.914. The van der Waals surface area contributed by atoms with Crippen LogP contribution in [0.2, 0.25) is 49.4 Å². The fraction of sp³-hybridized carbons (Fsp3) is 1.00. The van der Waals surface area contributed by atoms with Gasteiger partial charge in [0.2, 0.25) is 0 Å². The largest absolute Gasteiger partial charge is 0.0691 e. The van der Waals surface area contributed by atoms with Crippen LogP contribution in [-0.2, 0) is 0 Å². The minimum absolute atomic E-state index is 0.883. The summed E-state index contributed by atoms with van der Waals surface area (Å²) in [6, 6.07) is 0. The molecule has 0 radical (unpaired) electrons. The third kappa shape index (κ3) is 1.24. The van der Waals surface area contributed by atoms with Crippen molar-refractivity contribution in [3.8, 4) is 0 Å². The molecule has 0 saturated heterocycles. The van der Waals surface area contributed by atoms with Gasteiger partial charge in [-0.2, -0.15) is 0 Å². The van der Waals surface area contributed by atoms with Gasteiger partial charge in [0.05, 0.1) is 16.1 Å². The predicted molar refractivity (Wildman–Crippen MR) is 122 cm³/mol. The lowest BCUT2D eigenvalue weighted by Gasteiger charge is -2.98. The molecule has 154 valence electrons. The van der Waals surface area contributed by atoms with Gasteiger partial charge in [-0.1, -0.05) is 39.3 Å². The van der Waals surface area contributed by atoms with Gasteiger partial charge in [0, 0.05) is 0 Å². The molecular formula is C26H42Si2. The van der Waals surface area contributed by atoms with E-state index in [0.717, 1.165) is 42.6 Å². The molecule has 12 rings (SSSR count). The van der Waals surface area contributed by atoms with Crippen molar-refractivity contribution in [2.75, 3.05) is 0 Å². The molecule has 8 bridgehead atoms. The lowest BCUT2D eigenvalue weighted by molar-refractivity contribution is -0.462. The van der Waals surface area contributed by atoms with E-state index in [1.807, 2.05) is 0 Å². The van der Waals surface area contributed by atoms with Gasteiger partial charge in [-0.15, -0.1) is 0 Å². The van der Waals surface area contributed by atoms with Crippen molar-refractivity contribution in [3.05, 3.63) is 0 Å². The maximum atomic E-state index is 2.65. The van der Waals surface area contributed by atoms with Crippen LogP contribution >= 0.6 is 0 Å². The summed E-state index contributed by atoms with van der Waals surface area (Å²) in [6.45, 7) is 15.9. The second kappa shape index (κ2) is 3.65. The van der Waals surface area contributed by atoms with E-state index in [0.29, 0.717) is 0 Å². The summed E-state index contributed by atoms with van der Waals surface area (Å²) in [6.07, 6.45) is 20.2. The Morgan fingerprint density at radius 3 is 0.679 bits per heavy atom. The summed E-state index contributed by atoms with van der Waals surface area (Å²) in [4.78, 5) is 0. The van der Waals surface area contributed by atoms with E-state index in [-0.39, 0.29) is 0 Å². The Morgan fingerprint density at radius 1 is 0.321 bits per heavy atom. The molecule has 0 heterocycles. The Labute approximate surface area is 175 Å². The summed E-state index contributed by atoms with van der Waals surface area (Å²) >= 11 is 0. The van der Waals surface area contributed by atoms with Gasteiger partial charge in [0.25, 0.3) is 0 Å². The van der Waals surface area contributed by atoms with Crippen LogP contribution in [-0.4, -0.2) is 16.1 Å². The molecule has 12 aliphatic carbocycles. The van der Waals surface area contributed by atoms with Crippen LogP contribution in [0.5, 0.6) is 0 Å². The molecule has 0 unspecified atom stereocenters. The first-order chi connectivity index (χ1) is 12.7. The standard InChI is InChI=1S/C26H42Si2/c1-27(2,3)25-13-23(14-25,15-25)21-7-19(8-21,9-21)20-10-22(11-20,12-20)24-16-26(17-24,18-24)28(4,5)6/h7-18H2,1-6H3. The zero-order valence-corrected chi connectivity index (χ0v) is 21.5. The lowest BCUT2D eigenvalue weighted by atomic mass is 9.08. The molecule has 0 spiro atoms. The molecule has 0 aliphatic heterocycles. The van der Waals surface area contributed by atoms with Gasteiger partial charge in [-0.05, 0) is 120 Å². The zero-order chi connectivity index (χ0) is 19.5. The SMILES string of the molecule is C[Si](C)(C)C12CC(C34CC(C56CC(C78CC([Si](C)(C)C)(C7)C8)(C5)C6)(C3)C4)(C1)C2. The smallest absolute Gasteiger partial charge is 0.0506 e. The third-order valence-electron chi connectivity index (χ3n) is 14.7. The molecule has 0 N–H and O–H groups in total. The van der Waals surface area contributed by atoms with Crippen LogP contribution in [0, 0.1) is 32.5 Å². The van der Waals surface area contributed by atoms with E-state index in [9.17, 15) is 0 Å². The summed E-state index contributed by atoms with van der Waals surface area (Å²) in [7, 11) is -1.83. The van der Waals surface area contributed by atoms with Crippen molar-refractivity contribution in [2.45, 2.75) is 126 Å². The van der Waals surface area contributed by atoms with E-state index in [1.165, 1.54) is 0 Å². The molecule has 2 heteroatoms. The first-order valence-corrected chi connectivity index (χ1v) is 19.7. The van der Waals surface area contributed by atoms with Crippen molar-refractivity contribution in [3.63, 3.8) is 0 Å². The van der Waals surface area contributed by atoms with Crippen LogP contribution in [0.1, 0.15) is 77.0 Å². The highest BCUT2D eigenvalue weighted by atomic mass is 28.3. The van der Waals surface area contributed by atoms with Gasteiger partial charge in [0.15, 0.2) is 0 Å². The lowest BCUT2D eigenvalue weighted by Crippen LogP contribution is -2.89. The highest BCUT2D eigenvalue weighted by Gasteiger charge is 2.94. The maximum absolute atomic E-state index is 2.65. The van der Waals surface area contributed by atoms with Crippen LogP contribution in [0.15, 0.2) is 0 Å². The highest BCUT2D eigenvalue weighted by molar-refractivity contribution is 6.80. The molecule has 0 amide bonds. The van der Waals surface area contributed by atoms with Crippen LogP contribution in [0.4, 0.5) is 0 Å². The number of rotatable bonds is 5. The zero-order valence-electron chi connectivity index (χ0n) is 19.5. The van der Waals surface area contributed by atoms with E-state index >= 15 is 0 Å². The van der Waals surface area contributed by atoms with Crippen LogP contribution < -0.4 is 0 Å². The first kappa shape index (κ1) is 17.0. The summed E-state index contributed by atoms with van der Waals surface area (Å²) in [5, 5.41) is 1.79. The van der Waals surface area contributed by atoms with E-state index < -0.39 is 16.1 Å². The molecule has 0 aromatic rings. The van der Waals surface area contributed by atoms with Gasteiger partial charge in [-0.25, -0.2) is 0 Å². The Balaban J connectivity index is 0.935. The Hall–Kier alpha value is 0.434. The third-order valence-corrected chi connectivity index (χ3v) is 22.1. The van der Waals surface area contributed by atoms with Crippen molar-refractivity contribution < 1.29 is 0 Å². The quantitative estimate of drug-likeness (QED) is 0.405. The van der Waals surface area contributed by atoms with E-state index in [2.05, 4.69) is 39.3 Å². The van der Waals surface area contributed by atoms with E-state index in [4.69, 9.17) is 0 Å². The van der Waals surface area contributed by atoms with Gasteiger partial charge in [0.1, 0.15) is 0 Å². The van der Waals surface area contributed by atoms with Crippen molar-refractivity contribution >= 4 is 16.1 Å². The molecule has 0 aromatic heterocycles. The summed E-state index contributed by atoms with van der Waals surface area (Å²) in [5.74, 6) is 0. The molecular weight excluding hydrogens is 368 g/mol. The Bertz CT molecular complexity index is 713. The first-order valence-electron chi connectivity index (χ1n) is 12.7.